The average molecular weight is 212 g/mol. The molecule has 0 saturated heterocycles. The SMILES string of the molecule is CCc1cnc(NCC(C)(C)O)c(F)c1. The molecule has 1 rings (SSSR count). The molecular weight excluding hydrogens is 195 g/mol. The summed E-state index contributed by atoms with van der Waals surface area (Å²) in [7, 11) is 0. The second-order valence-corrected chi connectivity index (χ2v) is 4.19. The van der Waals surface area contributed by atoms with Crippen LogP contribution in [0.25, 0.3) is 0 Å². The number of hydrogen-bond donors (Lipinski definition) is 2. The topological polar surface area (TPSA) is 45.2 Å². The van der Waals surface area contributed by atoms with Crippen molar-refractivity contribution < 1.29 is 9.50 Å². The predicted molar refractivity (Wildman–Crippen MR) is 58.4 cm³/mol. The number of aryl methyl sites for hydroxylation is 1. The smallest absolute Gasteiger partial charge is 0.165 e. The number of aromatic nitrogens is 1. The van der Waals surface area contributed by atoms with Crippen molar-refractivity contribution in [2.45, 2.75) is 32.8 Å². The van der Waals surface area contributed by atoms with Gasteiger partial charge in [-0.05, 0) is 31.9 Å². The summed E-state index contributed by atoms with van der Waals surface area (Å²) in [5.41, 5.74) is -0.0151. The van der Waals surface area contributed by atoms with Crippen molar-refractivity contribution in [3.05, 3.63) is 23.6 Å². The molecule has 84 valence electrons. The fourth-order valence-corrected chi connectivity index (χ4v) is 1.10. The highest BCUT2D eigenvalue weighted by molar-refractivity contribution is 5.37. The van der Waals surface area contributed by atoms with Gasteiger partial charge in [0.15, 0.2) is 11.6 Å². The average Bonchev–Trinajstić information content (AvgIpc) is 2.14. The molecule has 0 amide bonds. The van der Waals surface area contributed by atoms with E-state index in [0.29, 0.717) is 0 Å². The lowest BCUT2D eigenvalue weighted by Crippen LogP contribution is -2.29. The number of aliphatic hydroxyl groups is 1. The van der Waals surface area contributed by atoms with Gasteiger partial charge in [0.05, 0.1) is 5.60 Å². The third-order valence-electron chi connectivity index (χ3n) is 1.99. The second-order valence-electron chi connectivity index (χ2n) is 4.19. The summed E-state index contributed by atoms with van der Waals surface area (Å²) in [4.78, 5) is 3.95. The van der Waals surface area contributed by atoms with E-state index in [4.69, 9.17) is 0 Å². The van der Waals surface area contributed by atoms with Crippen LogP contribution >= 0.6 is 0 Å². The molecule has 3 nitrogen and oxygen atoms in total. The number of hydrogen-bond acceptors (Lipinski definition) is 3. The van der Waals surface area contributed by atoms with Gasteiger partial charge in [-0.1, -0.05) is 6.92 Å². The number of halogens is 1. The van der Waals surface area contributed by atoms with E-state index in [0.717, 1.165) is 12.0 Å². The second kappa shape index (κ2) is 4.57. The molecule has 0 fully saturated rings. The quantitative estimate of drug-likeness (QED) is 0.802. The Bertz CT molecular complexity index is 334. The molecule has 0 saturated carbocycles. The van der Waals surface area contributed by atoms with Crippen LogP contribution in [0.15, 0.2) is 12.3 Å². The lowest BCUT2D eigenvalue weighted by Gasteiger charge is -2.18. The van der Waals surface area contributed by atoms with E-state index in [2.05, 4.69) is 10.3 Å². The molecule has 2 N–H and O–H groups in total. The van der Waals surface area contributed by atoms with Crippen LogP contribution in [0.1, 0.15) is 26.3 Å². The molecular formula is C11H17FN2O. The maximum absolute atomic E-state index is 13.4. The van der Waals surface area contributed by atoms with Crippen molar-refractivity contribution in [3.8, 4) is 0 Å². The van der Waals surface area contributed by atoms with E-state index in [9.17, 15) is 9.50 Å². The van der Waals surface area contributed by atoms with Gasteiger partial charge in [-0.25, -0.2) is 9.37 Å². The first-order valence-electron chi connectivity index (χ1n) is 5.03. The van der Waals surface area contributed by atoms with Crippen LogP contribution in [0.5, 0.6) is 0 Å². The van der Waals surface area contributed by atoms with Gasteiger partial charge in [-0.3, -0.25) is 0 Å². The number of nitrogens with zero attached hydrogens (tertiary/aromatic N) is 1. The van der Waals surface area contributed by atoms with Crippen LogP contribution in [0.2, 0.25) is 0 Å². The van der Waals surface area contributed by atoms with Gasteiger partial charge in [0.2, 0.25) is 0 Å². The molecule has 4 heteroatoms. The third kappa shape index (κ3) is 3.83. The Kier molecular flexibility index (Phi) is 3.63. The zero-order chi connectivity index (χ0) is 11.5. The molecule has 15 heavy (non-hydrogen) atoms. The normalized spacial score (nSPS) is 11.5. The van der Waals surface area contributed by atoms with Crippen LogP contribution in [0.3, 0.4) is 0 Å². The summed E-state index contributed by atoms with van der Waals surface area (Å²) >= 11 is 0. The Balaban J connectivity index is 2.70. The molecule has 1 aromatic rings. The van der Waals surface area contributed by atoms with Crippen molar-refractivity contribution in [1.29, 1.82) is 0 Å². The van der Waals surface area contributed by atoms with Gasteiger partial charge in [-0.15, -0.1) is 0 Å². The summed E-state index contributed by atoms with van der Waals surface area (Å²) in [6.07, 6.45) is 2.39. The molecule has 0 bridgehead atoms. The van der Waals surface area contributed by atoms with Crippen molar-refractivity contribution >= 4 is 5.82 Å². The first-order valence-corrected chi connectivity index (χ1v) is 5.03. The van der Waals surface area contributed by atoms with E-state index in [1.54, 1.807) is 20.0 Å². The van der Waals surface area contributed by atoms with E-state index in [1.807, 2.05) is 6.92 Å². The maximum Gasteiger partial charge on any atom is 0.165 e. The fourth-order valence-electron chi connectivity index (χ4n) is 1.10. The zero-order valence-electron chi connectivity index (χ0n) is 9.34. The Morgan fingerprint density at radius 2 is 2.20 bits per heavy atom. The molecule has 0 aromatic carbocycles. The molecule has 0 spiro atoms. The number of nitrogens with one attached hydrogen (secondary N) is 1. The Labute approximate surface area is 89.4 Å². The molecule has 0 aliphatic carbocycles. The minimum absolute atomic E-state index is 0.189. The Morgan fingerprint density at radius 1 is 1.53 bits per heavy atom. The minimum Gasteiger partial charge on any atom is -0.389 e. The van der Waals surface area contributed by atoms with Gasteiger partial charge in [-0.2, -0.15) is 0 Å². The highest BCUT2D eigenvalue weighted by atomic mass is 19.1. The summed E-state index contributed by atoms with van der Waals surface area (Å²) in [5, 5.41) is 12.2. The van der Waals surface area contributed by atoms with Crippen molar-refractivity contribution in [2.75, 3.05) is 11.9 Å². The first-order chi connectivity index (χ1) is 6.92. The molecule has 0 atom stereocenters. The molecule has 1 aromatic heterocycles. The molecule has 0 radical (unpaired) electrons. The van der Waals surface area contributed by atoms with Gasteiger partial charge >= 0.3 is 0 Å². The zero-order valence-corrected chi connectivity index (χ0v) is 9.34. The molecule has 0 unspecified atom stereocenters. The molecule has 1 heterocycles. The van der Waals surface area contributed by atoms with E-state index in [1.165, 1.54) is 6.07 Å². The summed E-state index contributed by atoms with van der Waals surface area (Å²) < 4.78 is 13.4. The van der Waals surface area contributed by atoms with Crippen LogP contribution < -0.4 is 5.32 Å². The summed E-state index contributed by atoms with van der Waals surface area (Å²) in [5.74, 6) is -0.187. The summed E-state index contributed by atoms with van der Waals surface area (Å²) in [6, 6.07) is 1.46. The van der Waals surface area contributed by atoms with Gasteiger partial charge in [0, 0.05) is 12.7 Å². The van der Waals surface area contributed by atoms with Crippen molar-refractivity contribution in [3.63, 3.8) is 0 Å². The largest absolute Gasteiger partial charge is 0.389 e. The van der Waals surface area contributed by atoms with Gasteiger partial charge < -0.3 is 10.4 Å². The predicted octanol–water partition coefficient (Wildman–Crippen LogP) is 1.97. The van der Waals surface area contributed by atoms with E-state index in [-0.39, 0.29) is 18.2 Å². The highest BCUT2D eigenvalue weighted by Gasteiger charge is 2.13. The monoisotopic (exact) mass is 212 g/mol. The lowest BCUT2D eigenvalue weighted by molar-refractivity contribution is 0.0943. The van der Waals surface area contributed by atoms with E-state index >= 15 is 0 Å². The van der Waals surface area contributed by atoms with Crippen LogP contribution in [0.4, 0.5) is 10.2 Å². The van der Waals surface area contributed by atoms with Crippen LogP contribution in [-0.2, 0) is 6.42 Å². The summed E-state index contributed by atoms with van der Waals surface area (Å²) in [6.45, 7) is 5.51. The number of pyridine rings is 1. The highest BCUT2D eigenvalue weighted by Crippen LogP contribution is 2.13. The van der Waals surface area contributed by atoms with Gasteiger partial charge in [0.1, 0.15) is 0 Å². The van der Waals surface area contributed by atoms with Crippen LogP contribution in [0, 0.1) is 5.82 Å². The molecule has 0 aliphatic heterocycles. The number of anilines is 1. The Hall–Kier alpha value is -1.16. The van der Waals surface area contributed by atoms with Crippen molar-refractivity contribution in [1.82, 2.24) is 4.98 Å². The fraction of sp³-hybridized carbons (Fsp3) is 0.545. The number of rotatable bonds is 4. The molecule has 0 aliphatic rings. The Morgan fingerprint density at radius 3 is 2.67 bits per heavy atom. The third-order valence-corrected chi connectivity index (χ3v) is 1.99. The minimum atomic E-state index is -0.877. The van der Waals surface area contributed by atoms with Crippen LogP contribution in [-0.4, -0.2) is 22.2 Å². The standard InChI is InChI=1S/C11H17FN2O/c1-4-8-5-9(12)10(13-6-8)14-7-11(2,3)15/h5-6,15H,4,7H2,1-3H3,(H,13,14). The van der Waals surface area contributed by atoms with E-state index < -0.39 is 5.60 Å². The first kappa shape index (κ1) is 11.9. The van der Waals surface area contributed by atoms with Crippen molar-refractivity contribution in [2.24, 2.45) is 0 Å². The maximum atomic E-state index is 13.4. The lowest BCUT2D eigenvalue weighted by atomic mass is 10.1. The van der Waals surface area contributed by atoms with Gasteiger partial charge in [0.25, 0.3) is 0 Å².